The molecule has 0 aromatic heterocycles. The van der Waals surface area contributed by atoms with Crippen LogP contribution in [0.4, 0.5) is 0 Å². The Hall–Kier alpha value is -2.48. The van der Waals surface area contributed by atoms with Crippen molar-refractivity contribution in [3.05, 3.63) is 96.6 Å². The Labute approximate surface area is 154 Å². The molecule has 3 rings (SSSR count). The maximum absolute atomic E-state index is 14.3. The van der Waals surface area contributed by atoms with Gasteiger partial charge in [0.25, 0.3) is 0 Å². The maximum atomic E-state index is 14.3. The molecular weight excluding hydrogens is 341 g/mol. The first-order valence-corrected chi connectivity index (χ1v) is 10.2. The van der Waals surface area contributed by atoms with Gasteiger partial charge in [-0.3, -0.25) is 9.36 Å². The Morgan fingerprint density at radius 2 is 1.15 bits per heavy atom. The Bertz CT molecular complexity index is 867. The van der Waals surface area contributed by atoms with E-state index in [-0.39, 0.29) is 5.78 Å². The fourth-order valence-electron chi connectivity index (χ4n) is 3.03. The van der Waals surface area contributed by atoms with Crippen molar-refractivity contribution in [2.75, 3.05) is 7.05 Å². The summed E-state index contributed by atoms with van der Waals surface area (Å²) in [7, 11) is -1.36. The number of hydrogen-bond acceptors (Lipinski definition) is 2. The fraction of sp³-hybridized carbons (Fsp3) is 0.136. The first kappa shape index (κ1) is 18.3. The normalized spacial score (nSPS) is 12.7. The third-order valence-corrected chi connectivity index (χ3v) is 7.89. The number of benzene rings is 3. The number of Topliss-reactive ketones (excluding diaryl/α,β-unsaturated/α-hetero) is 1. The Balaban J connectivity index is 2.05. The van der Waals surface area contributed by atoms with Gasteiger partial charge in [-0.1, -0.05) is 66.7 Å². The van der Waals surface area contributed by atoms with Crippen LogP contribution in [0.2, 0.25) is 0 Å². The first-order chi connectivity index (χ1) is 12.5. The van der Waals surface area contributed by atoms with Gasteiger partial charge in [-0.2, -0.15) is 0 Å². The van der Waals surface area contributed by atoms with Crippen molar-refractivity contribution in [3.63, 3.8) is 0 Å². The zero-order valence-electron chi connectivity index (χ0n) is 14.9. The van der Waals surface area contributed by atoms with E-state index in [2.05, 4.69) is 0 Å². The van der Waals surface area contributed by atoms with Gasteiger partial charge in [-0.25, -0.2) is 4.67 Å². The molecule has 0 aliphatic heterocycles. The molecule has 132 valence electrons. The van der Waals surface area contributed by atoms with Crippen LogP contribution in [0.15, 0.2) is 91.0 Å². The molecular formula is C22H22NO2P. The second-order valence-corrected chi connectivity index (χ2v) is 9.04. The lowest BCUT2D eigenvalue weighted by Gasteiger charge is -2.33. The molecule has 0 aliphatic rings. The minimum Gasteiger partial charge on any atom is -0.296 e. The summed E-state index contributed by atoms with van der Waals surface area (Å²) < 4.78 is 16.0. The molecule has 0 radical (unpaired) electrons. The number of likely N-dealkylation sites (N-methyl/N-ethyl adjacent to an activating group) is 1. The lowest BCUT2D eigenvalue weighted by Crippen LogP contribution is -2.39. The second-order valence-electron chi connectivity index (χ2n) is 6.23. The Morgan fingerprint density at radius 1 is 0.769 bits per heavy atom. The molecule has 1 atom stereocenters. The molecule has 0 heterocycles. The number of hydrogen-bond donors (Lipinski definition) is 0. The van der Waals surface area contributed by atoms with E-state index in [1.54, 1.807) is 23.9 Å². The Morgan fingerprint density at radius 3 is 1.58 bits per heavy atom. The molecule has 0 unspecified atom stereocenters. The summed E-state index contributed by atoms with van der Waals surface area (Å²) in [6.45, 7) is 1.81. The van der Waals surface area contributed by atoms with Crippen LogP contribution in [-0.2, 0) is 4.57 Å². The summed E-state index contributed by atoms with van der Waals surface area (Å²) in [6, 6.07) is 27.4. The zero-order chi connectivity index (χ0) is 18.6. The van der Waals surface area contributed by atoms with E-state index in [1.807, 2.05) is 85.8 Å². The van der Waals surface area contributed by atoms with Crippen molar-refractivity contribution in [1.82, 2.24) is 4.67 Å². The first-order valence-electron chi connectivity index (χ1n) is 8.59. The molecule has 0 saturated carbocycles. The van der Waals surface area contributed by atoms with Crippen LogP contribution in [0.1, 0.15) is 17.3 Å². The van der Waals surface area contributed by atoms with Gasteiger partial charge in [0, 0.05) is 16.2 Å². The van der Waals surface area contributed by atoms with Crippen LogP contribution in [0.5, 0.6) is 0 Å². The molecule has 3 nitrogen and oxygen atoms in total. The standard InChI is InChI=1S/C22H22NO2P/c1-18(22(24)19-12-6-3-7-13-19)23(2)26(25,20-14-8-4-9-15-20)21-16-10-5-11-17-21/h3-18H,1-2H3/t18-/m0/s1. The summed E-state index contributed by atoms with van der Waals surface area (Å²) >= 11 is 0. The summed E-state index contributed by atoms with van der Waals surface area (Å²) in [5, 5.41) is 1.45. The molecule has 3 aromatic carbocycles. The number of nitrogens with zero attached hydrogens (tertiary/aromatic N) is 1. The highest BCUT2D eigenvalue weighted by molar-refractivity contribution is 7.76. The van der Waals surface area contributed by atoms with Crippen LogP contribution in [-0.4, -0.2) is 23.5 Å². The minimum absolute atomic E-state index is 0.0415. The van der Waals surface area contributed by atoms with E-state index in [1.165, 1.54) is 0 Å². The third kappa shape index (κ3) is 3.41. The number of rotatable bonds is 6. The average Bonchev–Trinajstić information content (AvgIpc) is 2.73. The van der Waals surface area contributed by atoms with Crippen molar-refractivity contribution in [2.45, 2.75) is 13.0 Å². The van der Waals surface area contributed by atoms with E-state index >= 15 is 0 Å². The second kappa shape index (κ2) is 7.82. The summed E-state index contributed by atoms with van der Waals surface area (Å²) in [5.74, 6) is -0.0415. The lowest BCUT2D eigenvalue weighted by atomic mass is 10.1. The molecule has 0 amide bonds. The van der Waals surface area contributed by atoms with Gasteiger partial charge < -0.3 is 0 Å². The zero-order valence-corrected chi connectivity index (χ0v) is 15.8. The third-order valence-electron chi connectivity index (χ3n) is 4.65. The van der Waals surface area contributed by atoms with E-state index in [0.29, 0.717) is 5.56 Å². The molecule has 4 heteroatoms. The molecule has 0 bridgehead atoms. The average molecular weight is 363 g/mol. The summed E-state index contributed by atoms with van der Waals surface area (Å²) in [6.07, 6.45) is 0. The van der Waals surface area contributed by atoms with Crippen LogP contribution < -0.4 is 10.6 Å². The number of ketones is 1. The molecule has 0 N–H and O–H groups in total. The highest BCUT2D eigenvalue weighted by Crippen LogP contribution is 2.47. The van der Waals surface area contributed by atoms with Gasteiger partial charge in [0.15, 0.2) is 5.78 Å². The lowest BCUT2D eigenvalue weighted by molar-refractivity contribution is 0.0920. The highest BCUT2D eigenvalue weighted by Gasteiger charge is 2.37. The van der Waals surface area contributed by atoms with Crippen molar-refractivity contribution in [1.29, 1.82) is 0 Å². The molecule has 3 aromatic rings. The van der Waals surface area contributed by atoms with Crippen LogP contribution in [0.3, 0.4) is 0 Å². The monoisotopic (exact) mass is 363 g/mol. The van der Waals surface area contributed by atoms with E-state index in [9.17, 15) is 9.36 Å². The number of carbonyl (C=O) groups excluding carboxylic acids is 1. The van der Waals surface area contributed by atoms with Crippen LogP contribution in [0, 0.1) is 0 Å². The molecule has 0 fully saturated rings. The molecule has 0 saturated heterocycles. The number of carbonyl (C=O) groups is 1. The minimum atomic E-state index is -3.13. The van der Waals surface area contributed by atoms with Crippen molar-refractivity contribution < 1.29 is 9.36 Å². The molecule has 0 aliphatic carbocycles. The SMILES string of the molecule is C[C@@H](C(=O)c1ccccc1)N(C)P(=O)(c1ccccc1)c1ccccc1. The quantitative estimate of drug-likeness (QED) is 0.488. The van der Waals surface area contributed by atoms with Gasteiger partial charge in [0.2, 0.25) is 7.29 Å². The van der Waals surface area contributed by atoms with Gasteiger partial charge >= 0.3 is 0 Å². The van der Waals surface area contributed by atoms with Gasteiger partial charge in [-0.15, -0.1) is 0 Å². The largest absolute Gasteiger partial charge is 0.296 e. The maximum Gasteiger partial charge on any atom is 0.207 e. The molecule has 0 spiro atoms. The summed E-state index contributed by atoms with van der Waals surface area (Å²) in [4.78, 5) is 12.9. The predicted molar refractivity (Wildman–Crippen MR) is 108 cm³/mol. The van der Waals surface area contributed by atoms with Crippen LogP contribution >= 0.6 is 7.29 Å². The van der Waals surface area contributed by atoms with Gasteiger partial charge in [0.1, 0.15) is 0 Å². The van der Waals surface area contributed by atoms with Crippen molar-refractivity contribution in [2.24, 2.45) is 0 Å². The van der Waals surface area contributed by atoms with E-state index < -0.39 is 13.3 Å². The predicted octanol–water partition coefficient (Wildman–Crippen LogP) is 4.12. The van der Waals surface area contributed by atoms with Crippen molar-refractivity contribution >= 4 is 23.7 Å². The van der Waals surface area contributed by atoms with E-state index in [0.717, 1.165) is 10.6 Å². The van der Waals surface area contributed by atoms with Crippen LogP contribution in [0.25, 0.3) is 0 Å². The fourth-order valence-corrected chi connectivity index (χ4v) is 5.80. The summed E-state index contributed by atoms with van der Waals surface area (Å²) in [5.41, 5.74) is 0.625. The smallest absolute Gasteiger partial charge is 0.207 e. The highest BCUT2D eigenvalue weighted by atomic mass is 31.2. The van der Waals surface area contributed by atoms with Crippen molar-refractivity contribution in [3.8, 4) is 0 Å². The van der Waals surface area contributed by atoms with E-state index in [4.69, 9.17) is 0 Å². The van der Waals surface area contributed by atoms with Gasteiger partial charge in [-0.05, 0) is 38.2 Å². The molecule has 26 heavy (non-hydrogen) atoms. The Kier molecular flexibility index (Phi) is 5.51. The van der Waals surface area contributed by atoms with Gasteiger partial charge in [0.05, 0.1) is 6.04 Å². The topological polar surface area (TPSA) is 37.4 Å².